The van der Waals surface area contributed by atoms with E-state index in [1.54, 1.807) is 43.4 Å². The summed E-state index contributed by atoms with van der Waals surface area (Å²) < 4.78 is 115. The Bertz CT molecular complexity index is 6120. The Labute approximate surface area is 824 Å². The van der Waals surface area contributed by atoms with Crippen LogP contribution in [0.4, 0.5) is 22.0 Å². The summed E-state index contributed by atoms with van der Waals surface area (Å²) in [6, 6.07) is 23.9. The monoisotopic (exact) mass is 2100 g/mol. The number of methoxy groups -OCH3 is 1. The van der Waals surface area contributed by atoms with Gasteiger partial charge in [-0.1, -0.05) is 42.5 Å². The fourth-order valence-electron chi connectivity index (χ4n) is 10.7. The van der Waals surface area contributed by atoms with Crippen LogP contribution in [0.3, 0.4) is 0 Å². The fourth-order valence-corrected chi connectivity index (χ4v) is 10.7. The quantitative estimate of drug-likeness (QED) is 0.0566. The summed E-state index contributed by atoms with van der Waals surface area (Å²) in [6.07, 6.45) is 12.7. The molecule has 5 radical (unpaired) electrons. The van der Waals surface area contributed by atoms with Gasteiger partial charge in [0.25, 0.3) is 6.43 Å². The van der Waals surface area contributed by atoms with E-state index in [0.29, 0.717) is 52.2 Å². The number of tetrazole rings is 5. The first-order valence-electron chi connectivity index (χ1n) is 34.6. The molecule has 0 atom stereocenters. The first-order chi connectivity index (χ1) is 58.1. The molecule has 1 aliphatic rings. The summed E-state index contributed by atoms with van der Waals surface area (Å²) in [6.45, 7) is 1.86. The van der Waals surface area contributed by atoms with Crippen LogP contribution in [0.25, 0.3) is 28.4 Å². The van der Waals surface area contributed by atoms with Crippen molar-refractivity contribution in [1.29, 1.82) is 0 Å². The van der Waals surface area contributed by atoms with E-state index in [0.717, 1.165) is 70.8 Å². The van der Waals surface area contributed by atoms with E-state index in [4.69, 9.17) is 33.2 Å². The standard InChI is InChI=1S/C15H14N7O2.C14H14N7O3.C13H9F3N7O2.C13H10F2N7O2.C13H12N7O3.5Y/c1-21-15(23)22(20-19-21)13-4-2-3-11(10-5-6-10)12(13)7-24-14-17-8-16-9-18-14;1-3-23-12-6-4-5-11(21-14(22)20(2)18-19-21)10(12)7-24-13-16-8-15-9-17-13;1-22-12(24)23(21-20-22)10-4-2-3-9(13(14,15)16)8(10)5-25-11-18-6-17-7-19-11;1-21-13(23)22(20-19-21)10-4-2-3-8(11(14)15)9(10)5-24-12-17-6-16-7-18-12;1-19-13(21)20(18-17-19)10-4-3-5-11(22-2)9(10)6-23-12-15-7-14-8-16-12;;;;;/h2-4,8,10H,5-7H2,1H3;4-6,8H,3,7H2,1-2H3;2-4,6H,5H2,1H3;2-4,6,11H,5H2,1H3;3-5,7H,6H2,1-2H3;;;;;/q5*-1;;;;;. The molecule has 0 N–H and O–H groups in total. The van der Waals surface area contributed by atoms with Crippen LogP contribution >= 0.6 is 0 Å². The normalized spacial score (nSPS) is 11.0. The molecule has 0 saturated heterocycles. The summed E-state index contributed by atoms with van der Waals surface area (Å²) in [5.74, 6) is 1.60. The molecule has 10 aromatic heterocycles. The summed E-state index contributed by atoms with van der Waals surface area (Å²) >= 11 is 0. The Balaban J connectivity index is 0.000000212. The van der Waals surface area contributed by atoms with E-state index in [2.05, 4.69) is 165 Å². The first kappa shape index (κ1) is 101. The molecule has 57 heteroatoms. The van der Waals surface area contributed by atoms with Gasteiger partial charge in [-0.2, -0.15) is 60.0 Å². The van der Waals surface area contributed by atoms with Crippen molar-refractivity contribution in [2.24, 2.45) is 35.2 Å². The van der Waals surface area contributed by atoms with Crippen molar-refractivity contribution in [2.45, 2.75) is 71.3 Å². The number of alkyl halides is 5. The third-order valence-electron chi connectivity index (χ3n) is 16.4. The van der Waals surface area contributed by atoms with E-state index < -0.39 is 36.2 Å². The maximum atomic E-state index is 13.3. The van der Waals surface area contributed by atoms with E-state index >= 15 is 0 Å². The van der Waals surface area contributed by atoms with Crippen molar-refractivity contribution in [3.8, 4) is 70.0 Å². The average molecular weight is 2100 g/mol. The van der Waals surface area contributed by atoms with Gasteiger partial charge >= 0.3 is 34.6 Å². The molecule has 0 bridgehead atoms. The second kappa shape index (κ2) is 48.7. The number of aromatic nitrogens is 35. The zero-order chi connectivity index (χ0) is 84.8. The molecule has 0 unspecified atom stereocenters. The van der Waals surface area contributed by atoms with Crippen molar-refractivity contribution in [3.63, 3.8) is 0 Å². The summed E-state index contributed by atoms with van der Waals surface area (Å²) in [7, 11) is 8.86. The van der Waals surface area contributed by atoms with Crippen molar-refractivity contribution >= 4 is 0 Å². The molecule has 0 amide bonds. The van der Waals surface area contributed by atoms with Crippen LogP contribution in [0.1, 0.15) is 76.6 Å². The molecule has 47 nitrogen and oxygen atoms in total. The first-order valence-corrected chi connectivity index (χ1v) is 34.6. The molecule has 125 heavy (non-hydrogen) atoms. The van der Waals surface area contributed by atoms with Crippen LogP contribution in [-0.4, -0.2) is 187 Å². The number of hydrogen-bond donors (Lipinski definition) is 0. The van der Waals surface area contributed by atoms with Gasteiger partial charge in [-0.05, 0) is 132 Å². The minimum Gasteiger partial charge on any atom is -0.516 e. The fraction of sp³-hybridized carbons (Fsp3) is 0.265. The molecule has 0 spiro atoms. The molecule has 10 heterocycles. The molecule has 15 aromatic rings. The number of nitrogens with zero attached hydrogens (tertiary/aromatic N) is 35. The maximum Gasteiger partial charge on any atom is 0.416 e. The third kappa shape index (κ3) is 26.2. The predicted octanol–water partition coefficient (Wildman–Crippen LogP) is 0.880. The van der Waals surface area contributed by atoms with Crippen molar-refractivity contribution in [1.82, 2.24) is 174 Å². The average Bonchev–Trinajstić information content (AvgIpc) is 1.48. The van der Waals surface area contributed by atoms with Gasteiger partial charge in [0.1, 0.15) is 44.5 Å². The van der Waals surface area contributed by atoms with Crippen LogP contribution in [0.15, 0.2) is 147 Å². The van der Waals surface area contributed by atoms with Crippen LogP contribution in [0.5, 0.6) is 41.6 Å². The van der Waals surface area contributed by atoms with Gasteiger partial charge in [0.05, 0.1) is 58.8 Å². The van der Waals surface area contributed by atoms with Crippen LogP contribution < -0.4 is 61.6 Å². The maximum absolute atomic E-state index is 13.3. The van der Waals surface area contributed by atoms with E-state index in [1.807, 2.05) is 19.1 Å². The minimum absolute atomic E-state index is 0. The number of ether oxygens (including phenoxy) is 7. The number of halogens is 5. The molecular formula is C68H59F5N35O12Y5-5. The Hall–Kier alpha value is -10.7. The molecule has 1 aliphatic carbocycles. The smallest absolute Gasteiger partial charge is 0.416 e. The Morgan fingerprint density at radius 2 is 0.664 bits per heavy atom. The molecule has 0 aliphatic heterocycles. The SMILES string of the molecule is CCOc1cccc(-n2nnn(C)c2=O)c1COc1n[c-]ncn1.COc1cccc(-n2nnn(C)c2=O)c1COc1n[c-]ncn1.Cn1nnn(-c2cccc(C(F)(F)F)c2COc2n[c-]ncn2)c1=O.Cn1nnn(-c2cccc(C(F)F)c2COc2n[c-]ncn2)c1=O.Cn1nnn(-c2cccc(C3CC3)c2COc2n[c-]ncn2)c1=O.[Y].[Y].[Y].[Y].[Y]. The van der Waals surface area contributed by atoms with Crippen LogP contribution in [-0.2, 0) is 238 Å². The van der Waals surface area contributed by atoms with E-state index in [1.165, 1.54) is 103 Å². The van der Waals surface area contributed by atoms with Gasteiger partial charge in [0, 0.05) is 284 Å². The second-order valence-electron chi connectivity index (χ2n) is 24.0. The summed E-state index contributed by atoms with van der Waals surface area (Å²) in [4.78, 5) is 116. The zero-order valence-electron chi connectivity index (χ0n) is 66.2. The van der Waals surface area contributed by atoms with Crippen molar-refractivity contribution in [3.05, 3.63) is 251 Å². The van der Waals surface area contributed by atoms with Gasteiger partial charge < -0.3 is 108 Å². The van der Waals surface area contributed by atoms with Crippen molar-refractivity contribution in [2.75, 3.05) is 13.7 Å². The second-order valence-corrected chi connectivity index (χ2v) is 24.0. The number of benzene rings is 5. The van der Waals surface area contributed by atoms with Gasteiger partial charge in [-0.3, -0.25) is 0 Å². The topological polar surface area (TPSA) is 522 Å². The van der Waals surface area contributed by atoms with Gasteiger partial charge in [-0.25, -0.2) is 32.8 Å². The predicted molar refractivity (Wildman–Crippen MR) is 388 cm³/mol. The molecule has 633 valence electrons. The molecule has 1 saturated carbocycles. The molecule has 16 rings (SSSR count). The largest absolute Gasteiger partial charge is 0.516 e. The van der Waals surface area contributed by atoms with Crippen LogP contribution in [0.2, 0.25) is 0 Å². The summed E-state index contributed by atoms with van der Waals surface area (Å²) in [5, 5.41) is 37.2. The third-order valence-corrected chi connectivity index (χ3v) is 16.4. The van der Waals surface area contributed by atoms with Gasteiger partial charge in [0.2, 0.25) is 0 Å². The molecule has 5 aromatic carbocycles. The molecular weight excluding hydrogens is 2040 g/mol. The number of hydrogen-bond acceptors (Lipinski definition) is 37. The van der Waals surface area contributed by atoms with Gasteiger partial charge in [0.15, 0.2) is 30.1 Å². The molecule has 1 fully saturated rings. The minimum atomic E-state index is -4.66. The van der Waals surface area contributed by atoms with Crippen molar-refractivity contribution < 1.29 is 219 Å². The summed E-state index contributed by atoms with van der Waals surface area (Å²) in [5.41, 5.74) is 1.17. The Kier molecular flexibility index (Phi) is 39.5. The van der Waals surface area contributed by atoms with Crippen LogP contribution in [0, 0.1) is 31.6 Å². The van der Waals surface area contributed by atoms with E-state index in [9.17, 15) is 45.9 Å². The Morgan fingerprint density at radius 3 is 0.968 bits per heavy atom. The van der Waals surface area contributed by atoms with Gasteiger partial charge in [-0.15, -0.1) is 0 Å². The number of rotatable bonds is 25. The van der Waals surface area contributed by atoms with E-state index in [-0.39, 0.29) is 265 Å². The Morgan fingerprint density at radius 1 is 0.376 bits per heavy atom. The number of aryl methyl sites for hydroxylation is 5. The zero-order valence-corrected chi connectivity index (χ0v) is 80.4.